The summed E-state index contributed by atoms with van der Waals surface area (Å²) in [6, 6.07) is 10.1. The van der Waals surface area contributed by atoms with Crippen LogP contribution in [0.4, 0.5) is 13.2 Å². The lowest BCUT2D eigenvalue weighted by molar-refractivity contribution is -0.149. The molecule has 11 heteroatoms. The highest BCUT2D eigenvalue weighted by Crippen LogP contribution is 2.40. The molecule has 1 unspecified atom stereocenters. The van der Waals surface area contributed by atoms with E-state index in [1.165, 1.54) is 12.1 Å². The number of aromatic nitrogens is 1. The number of methoxy groups -OCH3 is 1. The third kappa shape index (κ3) is 6.34. The number of hydrogen-bond donors (Lipinski definition) is 4. The molecule has 1 heterocycles. The van der Waals surface area contributed by atoms with Crippen LogP contribution >= 0.6 is 0 Å². The van der Waals surface area contributed by atoms with Crippen molar-refractivity contribution in [3.8, 4) is 5.75 Å². The SMILES string of the molecule is CCC(C)[C@H](NC(=O)CCc1cccc(OC)c1)C(=O)N[C@]1(C(=O)O)CCc2[nH]c3c(C(F)(F)F)cccc3c2C1. The van der Waals surface area contributed by atoms with Crippen LogP contribution in [0, 0.1) is 5.92 Å². The van der Waals surface area contributed by atoms with E-state index in [4.69, 9.17) is 4.74 Å². The fraction of sp³-hybridized carbons (Fsp3) is 0.433. The van der Waals surface area contributed by atoms with Gasteiger partial charge >= 0.3 is 12.1 Å². The van der Waals surface area contributed by atoms with E-state index in [2.05, 4.69) is 15.6 Å². The van der Waals surface area contributed by atoms with Crippen LogP contribution in [0.1, 0.15) is 55.5 Å². The zero-order valence-corrected chi connectivity index (χ0v) is 23.2. The van der Waals surface area contributed by atoms with E-state index in [1.54, 1.807) is 20.1 Å². The highest BCUT2D eigenvalue weighted by molar-refractivity contribution is 5.94. The standard InChI is InChI=1S/C30H34F3N3O5/c1-4-17(2)25(35-24(37)12-11-18-7-5-8-19(15-18)41-3)27(38)36-29(28(39)40)14-13-23-21(16-29)20-9-6-10-22(26(20)34-23)30(31,32)33/h5-10,15,17,25,34H,4,11-14,16H2,1-3H3,(H,35,37)(H,36,38)(H,39,40)/t17?,25-,29+/m0/s1. The summed E-state index contributed by atoms with van der Waals surface area (Å²) < 4.78 is 46.0. The van der Waals surface area contributed by atoms with Gasteiger partial charge in [-0.15, -0.1) is 0 Å². The molecule has 2 amide bonds. The average molecular weight is 574 g/mol. The molecule has 1 aliphatic rings. The predicted molar refractivity (Wildman–Crippen MR) is 147 cm³/mol. The molecule has 0 saturated carbocycles. The smallest absolute Gasteiger partial charge is 0.418 e. The number of carboxylic acid groups (broad SMARTS) is 1. The molecule has 0 fully saturated rings. The number of benzene rings is 2. The number of carboxylic acids is 1. The maximum Gasteiger partial charge on any atom is 0.418 e. The molecule has 3 atom stereocenters. The second kappa shape index (κ2) is 11.8. The van der Waals surface area contributed by atoms with Crippen molar-refractivity contribution in [2.45, 2.75) is 70.1 Å². The second-order valence-corrected chi connectivity index (χ2v) is 10.6. The number of hydrogen-bond acceptors (Lipinski definition) is 4. The summed E-state index contributed by atoms with van der Waals surface area (Å²) in [5.74, 6) is -1.93. The van der Waals surface area contributed by atoms with E-state index in [9.17, 15) is 32.7 Å². The first-order valence-electron chi connectivity index (χ1n) is 13.6. The molecular formula is C30H34F3N3O5. The number of amides is 2. The molecule has 0 bridgehead atoms. The van der Waals surface area contributed by atoms with Gasteiger partial charge in [0.2, 0.25) is 11.8 Å². The number of carbonyl (C=O) groups is 3. The Labute approximate surface area is 235 Å². The van der Waals surface area contributed by atoms with Crippen LogP contribution in [0.2, 0.25) is 0 Å². The largest absolute Gasteiger partial charge is 0.497 e. The van der Waals surface area contributed by atoms with Crippen molar-refractivity contribution in [2.75, 3.05) is 7.11 Å². The normalized spacial score (nSPS) is 18.3. The number of rotatable bonds is 10. The number of H-pyrrole nitrogens is 1. The third-order valence-corrected chi connectivity index (χ3v) is 7.97. The minimum Gasteiger partial charge on any atom is -0.497 e. The van der Waals surface area contributed by atoms with E-state index >= 15 is 0 Å². The Morgan fingerprint density at radius 3 is 2.56 bits per heavy atom. The van der Waals surface area contributed by atoms with Crippen LogP contribution in [0.3, 0.4) is 0 Å². The number of aromatic amines is 1. The fourth-order valence-corrected chi connectivity index (χ4v) is 5.40. The van der Waals surface area contributed by atoms with Crippen LogP contribution in [0.15, 0.2) is 42.5 Å². The Morgan fingerprint density at radius 2 is 1.90 bits per heavy atom. The lowest BCUT2D eigenvalue weighted by Gasteiger charge is -2.36. The first-order chi connectivity index (χ1) is 19.4. The number of nitrogens with one attached hydrogen (secondary N) is 3. The molecule has 4 rings (SSSR count). The van der Waals surface area contributed by atoms with Gasteiger partial charge in [0.15, 0.2) is 0 Å². The quantitative estimate of drug-likeness (QED) is 0.278. The Balaban J connectivity index is 1.54. The van der Waals surface area contributed by atoms with Crippen molar-refractivity contribution in [1.29, 1.82) is 0 Å². The van der Waals surface area contributed by atoms with Gasteiger partial charge in [-0.25, -0.2) is 4.79 Å². The molecular weight excluding hydrogens is 539 g/mol. The number of aliphatic carboxylic acids is 1. The van der Waals surface area contributed by atoms with Gasteiger partial charge in [0.05, 0.1) is 18.2 Å². The number of carbonyl (C=O) groups excluding carboxylic acids is 2. The number of para-hydroxylation sites is 1. The molecule has 1 aliphatic carbocycles. The van der Waals surface area contributed by atoms with E-state index in [0.717, 1.165) is 11.6 Å². The molecule has 0 spiro atoms. The van der Waals surface area contributed by atoms with Crippen LogP contribution < -0.4 is 15.4 Å². The molecule has 8 nitrogen and oxygen atoms in total. The lowest BCUT2D eigenvalue weighted by Crippen LogP contribution is -2.62. The van der Waals surface area contributed by atoms with Crippen LogP contribution in [0.25, 0.3) is 10.9 Å². The highest BCUT2D eigenvalue weighted by Gasteiger charge is 2.46. The van der Waals surface area contributed by atoms with Gasteiger partial charge in [0.1, 0.15) is 17.3 Å². The van der Waals surface area contributed by atoms with Crippen molar-refractivity contribution in [2.24, 2.45) is 5.92 Å². The van der Waals surface area contributed by atoms with Crippen molar-refractivity contribution in [3.63, 3.8) is 0 Å². The Hall–Kier alpha value is -4.02. The van der Waals surface area contributed by atoms with Crippen molar-refractivity contribution in [1.82, 2.24) is 15.6 Å². The minimum absolute atomic E-state index is 0.0216. The predicted octanol–water partition coefficient (Wildman–Crippen LogP) is 4.79. The van der Waals surface area contributed by atoms with Gasteiger partial charge in [-0.1, -0.05) is 44.5 Å². The molecule has 0 radical (unpaired) electrons. The first kappa shape index (κ1) is 30.0. The Morgan fingerprint density at radius 1 is 1.17 bits per heavy atom. The van der Waals surface area contributed by atoms with E-state index < -0.39 is 35.2 Å². The van der Waals surface area contributed by atoms with Gasteiger partial charge in [-0.3, -0.25) is 9.59 Å². The molecule has 220 valence electrons. The summed E-state index contributed by atoms with van der Waals surface area (Å²) in [5.41, 5.74) is -0.833. The highest BCUT2D eigenvalue weighted by atomic mass is 19.4. The lowest BCUT2D eigenvalue weighted by atomic mass is 9.79. The summed E-state index contributed by atoms with van der Waals surface area (Å²) in [5, 5.41) is 16.0. The second-order valence-electron chi connectivity index (χ2n) is 10.6. The molecule has 0 aliphatic heterocycles. The number of ether oxygens (including phenoxy) is 1. The summed E-state index contributed by atoms with van der Waals surface area (Å²) in [7, 11) is 1.55. The molecule has 0 saturated heterocycles. The van der Waals surface area contributed by atoms with Crippen molar-refractivity contribution in [3.05, 3.63) is 64.8 Å². The van der Waals surface area contributed by atoms with Gasteiger partial charge in [0, 0.05) is 23.9 Å². The summed E-state index contributed by atoms with van der Waals surface area (Å²) in [6.07, 6.45) is -3.60. The fourth-order valence-electron chi connectivity index (χ4n) is 5.40. The third-order valence-electron chi connectivity index (χ3n) is 7.97. The minimum atomic E-state index is -4.58. The van der Waals surface area contributed by atoms with Crippen LogP contribution in [-0.4, -0.2) is 46.6 Å². The number of alkyl halides is 3. The van der Waals surface area contributed by atoms with E-state index in [0.29, 0.717) is 29.8 Å². The van der Waals surface area contributed by atoms with Gasteiger partial charge < -0.3 is 25.5 Å². The summed E-state index contributed by atoms with van der Waals surface area (Å²) in [6.45, 7) is 3.65. The number of aryl methyl sites for hydroxylation is 2. The molecule has 41 heavy (non-hydrogen) atoms. The number of fused-ring (bicyclic) bond motifs is 3. The molecule has 3 aromatic rings. The van der Waals surface area contributed by atoms with Crippen LogP contribution in [0.5, 0.6) is 5.75 Å². The summed E-state index contributed by atoms with van der Waals surface area (Å²) in [4.78, 5) is 41.9. The summed E-state index contributed by atoms with van der Waals surface area (Å²) >= 11 is 0. The molecule has 2 aromatic carbocycles. The topological polar surface area (TPSA) is 121 Å². The Kier molecular flexibility index (Phi) is 8.65. The van der Waals surface area contributed by atoms with Crippen LogP contribution in [-0.2, 0) is 39.8 Å². The van der Waals surface area contributed by atoms with E-state index in [-0.39, 0.29) is 48.4 Å². The zero-order valence-electron chi connectivity index (χ0n) is 23.2. The number of halogens is 3. The Bertz CT molecular complexity index is 1450. The zero-order chi connectivity index (χ0) is 29.9. The van der Waals surface area contributed by atoms with Crippen molar-refractivity contribution >= 4 is 28.7 Å². The monoisotopic (exact) mass is 573 g/mol. The average Bonchev–Trinajstić information content (AvgIpc) is 3.31. The maximum atomic E-state index is 13.6. The maximum absolute atomic E-state index is 13.6. The molecule has 1 aromatic heterocycles. The molecule has 4 N–H and O–H groups in total. The van der Waals surface area contributed by atoms with Gasteiger partial charge in [-0.05, 0) is 54.5 Å². The van der Waals surface area contributed by atoms with Gasteiger partial charge in [0.25, 0.3) is 0 Å². The van der Waals surface area contributed by atoms with E-state index in [1.807, 2.05) is 25.1 Å². The first-order valence-corrected chi connectivity index (χ1v) is 13.6. The van der Waals surface area contributed by atoms with Crippen molar-refractivity contribution < 1.29 is 37.4 Å². The van der Waals surface area contributed by atoms with Gasteiger partial charge in [-0.2, -0.15) is 13.2 Å².